The number of aromatic nitrogens is 2. The van der Waals surface area contributed by atoms with E-state index in [1.807, 2.05) is 22.9 Å². The maximum atomic E-state index is 11.6. The topological polar surface area (TPSA) is 38.0 Å². The average Bonchev–Trinajstić information content (AvgIpc) is 2.99. The maximum Gasteiger partial charge on any atom is 0.109 e. The van der Waals surface area contributed by atoms with E-state index in [1.54, 1.807) is 12.5 Å². The summed E-state index contributed by atoms with van der Waals surface area (Å²) in [5.74, 6) is 0. The first-order valence-corrected chi connectivity index (χ1v) is 8.85. The summed E-state index contributed by atoms with van der Waals surface area (Å²) in [6.45, 7) is 4.87. The van der Waals surface area contributed by atoms with Crippen LogP contribution in [0.3, 0.4) is 0 Å². The monoisotopic (exact) mass is 374 g/mol. The van der Waals surface area contributed by atoms with Gasteiger partial charge in [0, 0.05) is 16.9 Å². The molecular weight excluding hydrogens is 352 g/mol. The molecule has 0 amide bonds. The zero-order valence-electron chi connectivity index (χ0n) is 13.7. The number of rotatable bonds is 3. The molecule has 3 nitrogen and oxygen atoms in total. The second kappa shape index (κ2) is 6.25. The van der Waals surface area contributed by atoms with Crippen molar-refractivity contribution in [3.05, 3.63) is 58.6 Å². The highest BCUT2D eigenvalue weighted by Crippen LogP contribution is 2.48. The van der Waals surface area contributed by atoms with Crippen LogP contribution in [0.4, 0.5) is 0 Å². The van der Waals surface area contributed by atoms with Gasteiger partial charge in [-0.3, -0.25) is 0 Å². The van der Waals surface area contributed by atoms with Crippen molar-refractivity contribution in [2.75, 3.05) is 0 Å². The molecule has 0 aliphatic heterocycles. The molecular formula is C19H23BrN2O. The van der Waals surface area contributed by atoms with E-state index in [9.17, 15) is 5.11 Å². The highest BCUT2D eigenvalue weighted by Gasteiger charge is 2.48. The van der Waals surface area contributed by atoms with Crippen LogP contribution in [0, 0.1) is 5.41 Å². The van der Waals surface area contributed by atoms with Crippen molar-refractivity contribution in [2.45, 2.75) is 45.3 Å². The lowest BCUT2D eigenvalue weighted by Gasteiger charge is -2.48. The first-order chi connectivity index (χ1) is 10.9. The van der Waals surface area contributed by atoms with Crippen LogP contribution in [0.2, 0.25) is 0 Å². The molecule has 1 unspecified atom stereocenters. The quantitative estimate of drug-likeness (QED) is 0.847. The molecule has 1 N–H and O–H groups in total. The summed E-state index contributed by atoms with van der Waals surface area (Å²) in [7, 11) is 0. The third-order valence-corrected chi connectivity index (χ3v) is 5.61. The summed E-state index contributed by atoms with van der Waals surface area (Å²) in [5.41, 5.74) is 1.21. The van der Waals surface area contributed by atoms with E-state index in [0.717, 1.165) is 34.9 Å². The van der Waals surface area contributed by atoms with Gasteiger partial charge in [0.1, 0.15) is 5.60 Å². The summed E-state index contributed by atoms with van der Waals surface area (Å²) >= 11 is 3.47. The lowest BCUT2D eigenvalue weighted by molar-refractivity contribution is -0.0670. The summed E-state index contributed by atoms with van der Waals surface area (Å²) < 4.78 is 3.04. The van der Waals surface area contributed by atoms with E-state index in [0.29, 0.717) is 6.54 Å². The standard InChI is InChI=1S/C19H23BrN2O/c1-18(2)9-3-4-16(12-15-5-7-17(20)8-6-15)19(18,23)13-22-11-10-21-14-22/h5-8,10-12,14,23H,3-4,9,13H2,1-2H3/b16-12-. The first kappa shape index (κ1) is 16.5. The molecule has 1 fully saturated rings. The molecule has 1 aromatic heterocycles. The minimum Gasteiger partial charge on any atom is -0.383 e. The molecule has 1 heterocycles. The Morgan fingerprint density at radius 1 is 1.30 bits per heavy atom. The third-order valence-electron chi connectivity index (χ3n) is 5.08. The zero-order valence-corrected chi connectivity index (χ0v) is 15.3. The Bertz CT molecular complexity index is 689. The summed E-state index contributed by atoms with van der Waals surface area (Å²) in [4.78, 5) is 4.11. The van der Waals surface area contributed by atoms with E-state index < -0.39 is 5.60 Å². The molecule has 1 aliphatic carbocycles. The Balaban J connectivity index is 2.00. The van der Waals surface area contributed by atoms with E-state index in [2.05, 4.69) is 53.0 Å². The first-order valence-electron chi connectivity index (χ1n) is 8.05. The third kappa shape index (κ3) is 3.29. The van der Waals surface area contributed by atoms with Gasteiger partial charge in [0.25, 0.3) is 0 Å². The molecule has 0 bridgehead atoms. The van der Waals surface area contributed by atoms with Gasteiger partial charge in [0.15, 0.2) is 0 Å². The van der Waals surface area contributed by atoms with Crippen LogP contribution in [0.5, 0.6) is 0 Å². The van der Waals surface area contributed by atoms with Crippen molar-refractivity contribution in [3.8, 4) is 0 Å². The summed E-state index contributed by atoms with van der Waals surface area (Å²) in [6, 6.07) is 8.23. The largest absolute Gasteiger partial charge is 0.383 e. The average molecular weight is 375 g/mol. The lowest BCUT2D eigenvalue weighted by atomic mass is 9.62. The van der Waals surface area contributed by atoms with Crippen molar-refractivity contribution in [1.29, 1.82) is 0 Å². The van der Waals surface area contributed by atoms with E-state index in [-0.39, 0.29) is 5.41 Å². The van der Waals surface area contributed by atoms with Gasteiger partial charge in [0.05, 0.1) is 12.9 Å². The van der Waals surface area contributed by atoms with Crippen LogP contribution in [0.1, 0.15) is 38.7 Å². The van der Waals surface area contributed by atoms with E-state index in [4.69, 9.17) is 0 Å². The Labute approximate surface area is 146 Å². The maximum absolute atomic E-state index is 11.6. The number of hydrogen-bond acceptors (Lipinski definition) is 2. The van der Waals surface area contributed by atoms with Gasteiger partial charge in [-0.15, -0.1) is 0 Å². The number of imidazole rings is 1. The molecule has 1 atom stereocenters. The number of hydrogen-bond donors (Lipinski definition) is 1. The van der Waals surface area contributed by atoms with Crippen molar-refractivity contribution in [2.24, 2.45) is 5.41 Å². The fourth-order valence-corrected chi connectivity index (χ4v) is 3.75. The zero-order chi connectivity index (χ0) is 16.5. The lowest BCUT2D eigenvalue weighted by Crippen LogP contribution is -2.51. The van der Waals surface area contributed by atoms with Crippen LogP contribution in [-0.2, 0) is 6.54 Å². The van der Waals surface area contributed by atoms with Crippen molar-refractivity contribution in [1.82, 2.24) is 9.55 Å². The molecule has 1 aliphatic rings. The second-order valence-corrected chi connectivity index (χ2v) is 7.97. The fourth-order valence-electron chi connectivity index (χ4n) is 3.48. The SMILES string of the molecule is CC1(C)CCC/C(=C/c2ccc(Br)cc2)C1(O)Cn1ccnc1. The molecule has 4 heteroatoms. The minimum atomic E-state index is -0.862. The number of nitrogens with zero attached hydrogens (tertiary/aromatic N) is 2. The van der Waals surface area contributed by atoms with Crippen LogP contribution >= 0.6 is 15.9 Å². The number of aliphatic hydroxyl groups is 1. The summed E-state index contributed by atoms with van der Waals surface area (Å²) in [6.07, 6.45) is 10.7. The van der Waals surface area contributed by atoms with Gasteiger partial charge in [-0.2, -0.15) is 0 Å². The predicted molar refractivity (Wildman–Crippen MR) is 96.9 cm³/mol. The predicted octanol–water partition coefficient (Wildman–Crippen LogP) is 4.67. The molecule has 0 radical (unpaired) electrons. The molecule has 3 rings (SSSR count). The van der Waals surface area contributed by atoms with Crippen molar-refractivity contribution >= 4 is 22.0 Å². The molecule has 1 aromatic carbocycles. The van der Waals surface area contributed by atoms with Gasteiger partial charge >= 0.3 is 0 Å². The molecule has 23 heavy (non-hydrogen) atoms. The highest BCUT2D eigenvalue weighted by molar-refractivity contribution is 9.10. The van der Waals surface area contributed by atoms with Crippen LogP contribution < -0.4 is 0 Å². The molecule has 2 aromatic rings. The van der Waals surface area contributed by atoms with E-state index >= 15 is 0 Å². The smallest absolute Gasteiger partial charge is 0.109 e. The van der Waals surface area contributed by atoms with Gasteiger partial charge in [-0.25, -0.2) is 4.98 Å². The Hall–Kier alpha value is -1.39. The van der Waals surface area contributed by atoms with Crippen LogP contribution in [0.25, 0.3) is 6.08 Å². The normalized spacial score (nSPS) is 25.7. The summed E-state index contributed by atoms with van der Waals surface area (Å²) in [5, 5.41) is 11.6. The highest BCUT2D eigenvalue weighted by atomic mass is 79.9. The molecule has 1 saturated carbocycles. The second-order valence-electron chi connectivity index (χ2n) is 7.05. The van der Waals surface area contributed by atoms with Crippen LogP contribution in [-0.4, -0.2) is 20.3 Å². The van der Waals surface area contributed by atoms with Gasteiger partial charge in [0.2, 0.25) is 0 Å². The van der Waals surface area contributed by atoms with Crippen molar-refractivity contribution < 1.29 is 5.11 Å². The van der Waals surface area contributed by atoms with Gasteiger partial charge < -0.3 is 9.67 Å². The van der Waals surface area contributed by atoms with Gasteiger partial charge in [-0.1, -0.05) is 48.0 Å². The Kier molecular flexibility index (Phi) is 4.47. The van der Waals surface area contributed by atoms with E-state index in [1.165, 1.54) is 0 Å². The molecule has 122 valence electrons. The fraction of sp³-hybridized carbons (Fsp3) is 0.421. The molecule has 0 saturated heterocycles. The Morgan fingerprint density at radius 2 is 2.04 bits per heavy atom. The van der Waals surface area contributed by atoms with Crippen LogP contribution in [0.15, 0.2) is 53.0 Å². The molecule has 0 spiro atoms. The van der Waals surface area contributed by atoms with Gasteiger partial charge in [-0.05, 0) is 47.9 Å². The van der Waals surface area contributed by atoms with Crippen molar-refractivity contribution in [3.63, 3.8) is 0 Å². The minimum absolute atomic E-state index is 0.170. The number of halogens is 1. The Morgan fingerprint density at radius 3 is 2.70 bits per heavy atom. The number of benzene rings is 1.